The summed E-state index contributed by atoms with van der Waals surface area (Å²) in [6, 6.07) is 4.08. The molecule has 3 nitrogen and oxygen atoms in total. The van der Waals surface area contributed by atoms with Gasteiger partial charge in [-0.05, 0) is 39.6 Å². The lowest BCUT2D eigenvalue weighted by Gasteiger charge is -1.84. The monoisotopic (exact) mass is 258 g/mol. The van der Waals surface area contributed by atoms with E-state index in [4.69, 9.17) is 4.52 Å². The first-order chi connectivity index (χ1) is 6.29. The van der Waals surface area contributed by atoms with Crippen LogP contribution < -0.4 is 0 Å². The van der Waals surface area contributed by atoms with Gasteiger partial charge in [-0.15, -0.1) is 11.3 Å². The van der Waals surface area contributed by atoms with Crippen LogP contribution in [0.25, 0.3) is 10.8 Å². The Kier molecular flexibility index (Phi) is 2.46. The van der Waals surface area contributed by atoms with Gasteiger partial charge in [-0.2, -0.15) is 4.98 Å². The van der Waals surface area contributed by atoms with Crippen molar-refractivity contribution in [2.24, 2.45) is 0 Å². The largest absolute Gasteiger partial charge is 0.332 e. The molecular weight excluding hydrogens is 252 g/mol. The standard InChI is InChI=1S/C8H7BrN2OS/c1-2-5-3-4-6(13-5)7-10-8(9)11-12-7/h3-4H,2H2,1H3. The molecule has 5 heteroatoms. The summed E-state index contributed by atoms with van der Waals surface area (Å²) in [5.74, 6) is 0.580. The van der Waals surface area contributed by atoms with Crippen molar-refractivity contribution >= 4 is 27.3 Å². The van der Waals surface area contributed by atoms with Gasteiger partial charge in [0.2, 0.25) is 4.73 Å². The second-order valence-corrected chi connectivity index (χ2v) is 4.37. The average molecular weight is 259 g/mol. The summed E-state index contributed by atoms with van der Waals surface area (Å²) in [7, 11) is 0. The minimum absolute atomic E-state index is 0.494. The molecule has 2 rings (SSSR count). The highest BCUT2D eigenvalue weighted by Gasteiger charge is 2.08. The zero-order chi connectivity index (χ0) is 9.26. The predicted molar refractivity (Wildman–Crippen MR) is 54.7 cm³/mol. The van der Waals surface area contributed by atoms with E-state index in [2.05, 4.69) is 39.1 Å². The summed E-state index contributed by atoms with van der Waals surface area (Å²) in [6.07, 6.45) is 1.04. The Hall–Kier alpha value is -0.680. The van der Waals surface area contributed by atoms with Crippen molar-refractivity contribution in [2.45, 2.75) is 13.3 Å². The molecule has 2 heterocycles. The first kappa shape index (κ1) is 8.90. The van der Waals surface area contributed by atoms with Crippen LogP contribution in [0.2, 0.25) is 0 Å². The molecule has 0 aromatic carbocycles. The maximum Gasteiger partial charge on any atom is 0.268 e. The van der Waals surface area contributed by atoms with Gasteiger partial charge in [0, 0.05) is 4.88 Å². The Labute approximate surface area is 87.9 Å². The first-order valence-corrected chi connectivity index (χ1v) is 5.49. The van der Waals surface area contributed by atoms with Gasteiger partial charge >= 0.3 is 0 Å². The average Bonchev–Trinajstić information content (AvgIpc) is 2.71. The second-order valence-electron chi connectivity index (χ2n) is 2.49. The predicted octanol–water partition coefficient (Wildman–Crippen LogP) is 3.12. The van der Waals surface area contributed by atoms with Crippen LogP contribution in [0, 0.1) is 0 Å². The number of hydrogen-bond donors (Lipinski definition) is 0. The molecule has 0 amide bonds. The van der Waals surface area contributed by atoms with Crippen molar-refractivity contribution in [3.05, 3.63) is 21.7 Å². The topological polar surface area (TPSA) is 38.9 Å². The molecule has 68 valence electrons. The smallest absolute Gasteiger partial charge is 0.268 e. The van der Waals surface area contributed by atoms with E-state index in [1.807, 2.05) is 6.07 Å². The van der Waals surface area contributed by atoms with Crippen molar-refractivity contribution in [1.29, 1.82) is 0 Å². The third kappa shape index (κ3) is 1.81. The summed E-state index contributed by atoms with van der Waals surface area (Å²) in [6.45, 7) is 2.12. The quantitative estimate of drug-likeness (QED) is 0.831. The van der Waals surface area contributed by atoms with Crippen LogP contribution in [-0.4, -0.2) is 10.1 Å². The summed E-state index contributed by atoms with van der Waals surface area (Å²) in [4.78, 5) is 6.42. The third-order valence-electron chi connectivity index (χ3n) is 1.62. The van der Waals surface area contributed by atoms with Crippen molar-refractivity contribution in [3.8, 4) is 10.8 Å². The fourth-order valence-electron chi connectivity index (χ4n) is 0.988. The number of aryl methyl sites for hydroxylation is 1. The molecule has 2 aromatic rings. The number of halogens is 1. The highest BCUT2D eigenvalue weighted by atomic mass is 79.9. The Bertz CT molecular complexity index is 410. The van der Waals surface area contributed by atoms with Crippen LogP contribution in [0.15, 0.2) is 21.4 Å². The molecule has 0 N–H and O–H groups in total. The number of aromatic nitrogens is 2. The SMILES string of the molecule is CCc1ccc(-c2nc(Br)no2)s1. The molecule has 0 bridgehead atoms. The molecule has 0 aliphatic carbocycles. The molecule has 0 saturated heterocycles. The van der Waals surface area contributed by atoms with E-state index in [9.17, 15) is 0 Å². The van der Waals surface area contributed by atoms with E-state index < -0.39 is 0 Å². The lowest BCUT2D eigenvalue weighted by molar-refractivity contribution is 0.427. The first-order valence-electron chi connectivity index (χ1n) is 3.88. The molecule has 13 heavy (non-hydrogen) atoms. The van der Waals surface area contributed by atoms with Crippen LogP contribution in [0.4, 0.5) is 0 Å². The molecule has 0 aliphatic rings. The normalized spacial score (nSPS) is 10.6. The van der Waals surface area contributed by atoms with Crippen LogP contribution >= 0.6 is 27.3 Å². The van der Waals surface area contributed by atoms with E-state index >= 15 is 0 Å². The fraction of sp³-hybridized carbons (Fsp3) is 0.250. The second kappa shape index (κ2) is 3.59. The van der Waals surface area contributed by atoms with Gasteiger partial charge < -0.3 is 4.52 Å². The van der Waals surface area contributed by atoms with E-state index in [0.29, 0.717) is 10.6 Å². The maximum atomic E-state index is 5.01. The molecule has 0 radical (unpaired) electrons. The van der Waals surface area contributed by atoms with Crippen molar-refractivity contribution in [2.75, 3.05) is 0 Å². The van der Waals surface area contributed by atoms with Crippen LogP contribution in [0.3, 0.4) is 0 Å². The number of rotatable bonds is 2. The molecule has 0 unspecified atom stereocenters. The minimum atomic E-state index is 0.494. The molecule has 0 atom stereocenters. The van der Waals surface area contributed by atoms with Gasteiger partial charge in [0.15, 0.2) is 0 Å². The van der Waals surface area contributed by atoms with Gasteiger partial charge in [0.25, 0.3) is 5.89 Å². The number of thiophene rings is 1. The van der Waals surface area contributed by atoms with E-state index in [1.54, 1.807) is 11.3 Å². The van der Waals surface area contributed by atoms with Crippen LogP contribution in [0.5, 0.6) is 0 Å². The summed E-state index contributed by atoms with van der Waals surface area (Å²) < 4.78 is 5.50. The molecule has 0 fully saturated rings. The summed E-state index contributed by atoms with van der Waals surface area (Å²) in [5.41, 5.74) is 0. The summed E-state index contributed by atoms with van der Waals surface area (Å²) >= 11 is 4.82. The Morgan fingerprint density at radius 2 is 2.38 bits per heavy atom. The zero-order valence-electron chi connectivity index (χ0n) is 6.95. The molecule has 2 aromatic heterocycles. The third-order valence-corrected chi connectivity index (χ3v) is 3.16. The molecule has 0 saturated carbocycles. The highest BCUT2D eigenvalue weighted by Crippen LogP contribution is 2.27. The Balaban J connectivity index is 2.35. The zero-order valence-corrected chi connectivity index (χ0v) is 9.35. The minimum Gasteiger partial charge on any atom is -0.332 e. The van der Waals surface area contributed by atoms with Crippen molar-refractivity contribution in [1.82, 2.24) is 10.1 Å². The molecule has 0 spiro atoms. The highest BCUT2D eigenvalue weighted by molar-refractivity contribution is 9.10. The Morgan fingerprint density at radius 3 is 2.92 bits per heavy atom. The van der Waals surface area contributed by atoms with Gasteiger partial charge in [0.05, 0.1) is 4.88 Å². The van der Waals surface area contributed by atoms with Crippen molar-refractivity contribution < 1.29 is 4.52 Å². The number of nitrogens with zero attached hydrogens (tertiary/aromatic N) is 2. The van der Waals surface area contributed by atoms with Crippen molar-refractivity contribution in [3.63, 3.8) is 0 Å². The molecule has 0 aliphatic heterocycles. The lowest BCUT2D eigenvalue weighted by Crippen LogP contribution is -1.68. The number of hydrogen-bond acceptors (Lipinski definition) is 4. The van der Waals surface area contributed by atoms with Gasteiger partial charge in [-0.3, -0.25) is 0 Å². The lowest BCUT2D eigenvalue weighted by atomic mass is 10.4. The summed E-state index contributed by atoms with van der Waals surface area (Å²) in [5, 5.41) is 3.67. The van der Waals surface area contributed by atoms with E-state index in [0.717, 1.165) is 11.3 Å². The maximum absolute atomic E-state index is 5.01. The van der Waals surface area contributed by atoms with E-state index in [1.165, 1.54) is 4.88 Å². The van der Waals surface area contributed by atoms with Crippen LogP contribution in [-0.2, 0) is 6.42 Å². The van der Waals surface area contributed by atoms with E-state index in [-0.39, 0.29) is 0 Å². The van der Waals surface area contributed by atoms with Gasteiger partial charge in [-0.25, -0.2) is 0 Å². The van der Waals surface area contributed by atoms with Gasteiger partial charge in [-0.1, -0.05) is 6.92 Å². The van der Waals surface area contributed by atoms with Gasteiger partial charge in [0.1, 0.15) is 0 Å². The fourth-order valence-corrected chi connectivity index (χ4v) is 2.09. The Morgan fingerprint density at radius 1 is 1.54 bits per heavy atom. The molecular formula is C8H7BrN2OS. The van der Waals surface area contributed by atoms with Crippen LogP contribution in [0.1, 0.15) is 11.8 Å².